The van der Waals surface area contributed by atoms with Gasteiger partial charge in [-0.3, -0.25) is 0 Å². The lowest BCUT2D eigenvalue weighted by Crippen LogP contribution is -2.36. The van der Waals surface area contributed by atoms with Crippen LogP contribution in [-0.2, 0) is 0 Å². The second-order valence-electron chi connectivity index (χ2n) is 7.42. The summed E-state index contributed by atoms with van der Waals surface area (Å²) in [6.45, 7) is 0. The van der Waals surface area contributed by atoms with Gasteiger partial charge < -0.3 is 20.3 Å². The number of aromatic nitrogens is 2. The van der Waals surface area contributed by atoms with Crippen LogP contribution in [0.4, 0.5) is 10.6 Å². The van der Waals surface area contributed by atoms with Gasteiger partial charge in [-0.1, -0.05) is 0 Å². The highest BCUT2D eigenvalue weighted by Gasteiger charge is 2.23. The van der Waals surface area contributed by atoms with Crippen LogP contribution in [0.25, 0.3) is 20.3 Å². The quantitative estimate of drug-likeness (QED) is 0.694. The fourth-order valence-electron chi connectivity index (χ4n) is 3.85. The maximum atomic E-state index is 11.6. The molecule has 1 aliphatic rings. The summed E-state index contributed by atoms with van der Waals surface area (Å²) in [7, 11) is 5.85. The first-order valence-corrected chi connectivity index (χ1v) is 10.4. The molecule has 1 amide bonds. The van der Waals surface area contributed by atoms with Crippen molar-refractivity contribution in [2.24, 2.45) is 0 Å². The Kier molecular flexibility index (Phi) is 5.32. The number of carbonyl (C=O) groups is 1. The first kappa shape index (κ1) is 18.9. The Morgan fingerprint density at radius 2 is 2.00 bits per heavy atom. The minimum absolute atomic E-state index is 0.412. The van der Waals surface area contributed by atoms with E-state index in [1.807, 2.05) is 12.1 Å². The molecule has 0 radical (unpaired) electrons. The van der Waals surface area contributed by atoms with Gasteiger partial charge in [0.15, 0.2) is 0 Å². The molecule has 1 saturated carbocycles. The van der Waals surface area contributed by atoms with Gasteiger partial charge in [0, 0.05) is 29.2 Å². The van der Waals surface area contributed by atoms with E-state index in [1.54, 1.807) is 30.8 Å². The Morgan fingerprint density at radius 3 is 2.71 bits per heavy atom. The molecule has 1 aromatic carbocycles. The van der Waals surface area contributed by atoms with E-state index in [1.165, 1.54) is 12.8 Å². The van der Waals surface area contributed by atoms with E-state index < -0.39 is 6.09 Å². The number of hydrogen-bond acceptors (Lipinski definition) is 7. The van der Waals surface area contributed by atoms with E-state index in [2.05, 4.69) is 39.6 Å². The smallest absolute Gasteiger partial charge is 0.410 e. The normalized spacial score (nSPS) is 19.9. The van der Waals surface area contributed by atoms with Crippen molar-refractivity contribution >= 4 is 43.6 Å². The zero-order chi connectivity index (χ0) is 19.7. The first-order chi connectivity index (χ1) is 13.5. The van der Waals surface area contributed by atoms with Crippen LogP contribution < -0.4 is 15.4 Å². The molecule has 0 bridgehead atoms. The first-order valence-electron chi connectivity index (χ1n) is 9.55. The highest BCUT2D eigenvalue weighted by Crippen LogP contribution is 2.38. The van der Waals surface area contributed by atoms with Gasteiger partial charge in [-0.2, -0.15) is 0 Å². The number of fused-ring (bicyclic) bond motifs is 3. The van der Waals surface area contributed by atoms with Crippen molar-refractivity contribution in [1.29, 1.82) is 0 Å². The molecule has 0 spiro atoms. The van der Waals surface area contributed by atoms with Gasteiger partial charge in [0.25, 0.3) is 0 Å². The van der Waals surface area contributed by atoms with E-state index in [4.69, 9.17) is 4.74 Å². The summed E-state index contributed by atoms with van der Waals surface area (Å²) in [5.41, 5.74) is 0. The molecule has 1 aliphatic carbocycles. The summed E-state index contributed by atoms with van der Waals surface area (Å²) in [4.78, 5) is 23.8. The standard InChI is InChI=1S/C20H25N5O2S/c1-21-20(26)27-14-8-9-16-15(10-14)17-18(22-11-23-19(17)28-16)24-12-4-6-13(7-5-12)25(2)3/h8-13H,4-7H2,1-3H3,(H,21,26)(H,22,23,24). The van der Waals surface area contributed by atoms with E-state index in [0.717, 1.165) is 39.0 Å². The molecule has 0 atom stereocenters. The van der Waals surface area contributed by atoms with Crippen molar-refractivity contribution in [3.63, 3.8) is 0 Å². The molecule has 1 fully saturated rings. The Hall–Kier alpha value is -2.45. The molecule has 0 saturated heterocycles. The molecule has 8 heteroatoms. The lowest BCUT2D eigenvalue weighted by Gasteiger charge is -2.33. The van der Waals surface area contributed by atoms with Gasteiger partial charge >= 0.3 is 6.09 Å². The molecule has 2 N–H and O–H groups in total. The molecule has 3 aromatic rings. The molecule has 28 heavy (non-hydrogen) atoms. The second kappa shape index (κ2) is 7.89. The fraction of sp³-hybridized carbons (Fsp3) is 0.450. The van der Waals surface area contributed by atoms with Crippen LogP contribution >= 0.6 is 11.3 Å². The van der Waals surface area contributed by atoms with Crippen molar-refractivity contribution in [2.45, 2.75) is 37.8 Å². The van der Waals surface area contributed by atoms with Crippen LogP contribution in [0.1, 0.15) is 25.7 Å². The number of thiophene rings is 1. The number of amides is 1. The van der Waals surface area contributed by atoms with E-state index >= 15 is 0 Å². The summed E-state index contributed by atoms with van der Waals surface area (Å²) in [5.74, 6) is 1.37. The van der Waals surface area contributed by atoms with Crippen LogP contribution in [0.2, 0.25) is 0 Å². The van der Waals surface area contributed by atoms with Crippen LogP contribution in [0.5, 0.6) is 5.75 Å². The van der Waals surface area contributed by atoms with Crippen LogP contribution in [-0.4, -0.2) is 54.2 Å². The van der Waals surface area contributed by atoms with Gasteiger partial charge in [0.2, 0.25) is 0 Å². The maximum Gasteiger partial charge on any atom is 0.412 e. The zero-order valence-corrected chi connectivity index (χ0v) is 17.2. The zero-order valence-electron chi connectivity index (χ0n) is 16.4. The monoisotopic (exact) mass is 399 g/mol. The van der Waals surface area contributed by atoms with Gasteiger partial charge in [0.05, 0.1) is 5.39 Å². The minimum Gasteiger partial charge on any atom is -0.410 e. The molecular weight excluding hydrogens is 374 g/mol. The molecule has 4 rings (SSSR count). The number of benzene rings is 1. The number of rotatable bonds is 4. The summed E-state index contributed by atoms with van der Waals surface area (Å²) in [6.07, 6.45) is 5.77. The summed E-state index contributed by atoms with van der Waals surface area (Å²) < 4.78 is 6.40. The average Bonchev–Trinajstić information content (AvgIpc) is 3.07. The Balaban J connectivity index is 1.64. The lowest BCUT2D eigenvalue weighted by atomic mass is 9.90. The van der Waals surface area contributed by atoms with Crippen LogP contribution in [0, 0.1) is 0 Å². The van der Waals surface area contributed by atoms with Gasteiger partial charge in [-0.05, 0) is 58.0 Å². The van der Waals surface area contributed by atoms with Gasteiger partial charge in [-0.15, -0.1) is 11.3 Å². The number of ether oxygens (including phenoxy) is 1. The summed E-state index contributed by atoms with van der Waals surface area (Å²) >= 11 is 1.62. The number of carbonyl (C=O) groups excluding carboxylic acids is 1. The predicted molar refractivity (Wildman–Crippen MR) is 113 cm³/mol. The minimum atomic E-state index is -0.480. The molecular formula is C20H25N5O2S. The molecule has 148 valence electrons. The van der Waals surface area contributed by atoms with Crippen LogP contribution in [0.3, 0.4) is 0 Å². The maximum absolute atomic E-state index is 11.6. The Morgan fingerprint density at radius 1 is 1.21 bits per heavy atom. The highest BCUT2D eigenvalue weighted by atomic mass is 32.1. The number of anilines is 1. The number of nitrogens with one attached hydrogen (secondary N) is 2. The molecule has 7 nitrogen and oxygen atoms in total. The summed E-state index contributed by atoms with van der Waals surface area (Å²) in [6, 6.07) is 6.73. The molecule has 0 unspecified atom stereocenters. The Labute approximate surface area is 168 Å². The SMILES string of the molecule is CNC(=O)Oc1ccc2sc3ncnc(NC4CCC(N(C)C)CC4)c3c2c1. The van der Waals surface area contributed by atoms with Crippen molar-refractivity contribution in [2.75, 3.05) is 26.5 Å². The van der Waals surface area contributed by atoms with E-state index in [9.17, 15) is 4.79 Å². The van der Waals surface area contributed by atoms with Crippen LogP contribution in [0.15, 0.2) is 24.5 Å². The number of hydrogen-bond donors (Lipinski definition) is 2. The van der Waals surface area contributed by atoms with Crippen molar-refractivity contribution in [3.05, 3.63) is 24.5 Å². The topological polar surface area (TPSA) is 79.4 Å². The van der Waals surface area contributed by atoms with Crippen molar-refractivity contribution in [3.8, 4) is 5.75 Å². The largest absolute Gasteiger partial charge is 0.412 e. The molecule has 0 aliphatic heterocycles. The predicted octanol–water partition coefficient (Wildman–Crippen LogP) is 3.85. The van der Waals surface area contributed by atoms with Gasteiger partial charge in [-0.25, -0.2) is 14.8 Å². The third-order valence-electron chi connectivity index (χ3n) is 5.42. The number of nitrogens with zero attached hydrogens (tertiary/aromatic N) is 3. The van der Waals surface area contributed by atoms with E-state index in [-0.39, 0.29) is 0 Å². The molecule has 2 aromatic heterocycles. The van der Waals surface area contributed by atoms with Crippen molar-refractivity contribution < 1.29 is 9.53 Å². The lowest BCUT2D eigenvalue weighted by molar-refractivity contribution is 0.203. The van der Waals surface area contributed by atoms with Gasteiger partial charge in [0.1, 0.15) is 22.7 Å². The fourth-order valence-corrected chi connectivity index (χ4v) is 4.87. The van der Waals surface area contributed by atoms with Crippen molar-refractivity contribution in [1.82, 2.24) is 20.2 Å². The second-order valence-corrected chi connectivity index (χ2v) is 8.45. The molecule has 2 heterocycles. The average molecular weight is 400 g/mol. The summed E-state index contributed by atoms with van der Waals surface area (Å²) in [5, 5.41) is 8.13. The van der Waals surface area contributed by atoms with E-state index in [0.29, 0.717) is 17.8 Å². The highest BCUT2D eigenvalue weighted by molar-refractivity contribution is 7.25. The Bertz CT molecular complexity index is 995. The third kappa shape index (κ3) is 3.74. The third-order valence-corrected chi connectivity index (χ3v) is 6.50.